The zero-order chi connectivity index (χ0) is 10.4. The standard InChI is InChI=1S/C9H15NO3/c1-4-7(3)9(13)10(5-2)6-8(11)12/h4H,5-6H2,1-3H3,(H,11,12). The predicted molar refractivity (Wildman–Crippen MR) is 49.3 cm³/mol. The van der Waals surface area contributed by atoms with Crippen molar-refractivity contribution >= 4 is 11.9 Å². The van der Waals surface area contributed by atoms with Crippen molar-refractivity contribution in [2.75, 3.05) is 13.1 Å². The van der Waals surface area contributed by atoms with E-state index in [1.165, 1.54) is 4.90 Å². The van der Waals surface area contributed by atoms with Crippen LogP contribution in [-0.4, -0.2) is 35.0 Å². The Bertz CT molecular complexity index is 233. The smallest absolute Gasteiger partial charge is 0.323 e. The molecule has 4 heteroatoms. The van der Waals surface area contributed by atoms with E-state index in [1.54, 1.807) is 26.8 Å². The summed E-state index contributed by atoms with van der Waals surface area (Å²) in [7, 11) is 0. The first-order valence-electron chi connectivity index (χ1n) is 4.16. The molecule has 0 spiro atoms. The average Bonchev–Trinajstić information content (AvgIpc) is 2.11. The number of carboxylic acids is 1. The second kappa shape index (κ2) is 5.35. The Morgan fingerprint density at radius 2 is 2.00 bits per heavy atom. The number of carboxylic acid groups (broad SMARTS) is 1. The number of rotatable bonds is 4. The monoisotopic (exact) mass is 185 g/mol. The van der Waals surface area contributed by atoms with Crippen LogP contribution in [0, 0.1) is 0 Å². The van der Waals surface area contributed by atoms with Crippen LogP contribution < -0.4 is 0 Å². The summed E-state index contributed by atoms with van der Waals surface area (Å²) in [4.78, 5) is 23.1. The maximum atomic E-state index is 11.4. The molecule has 13 heavy (non-hydrogen) atoms. The third-order valence-corrected chi connectivity index (χ3v) is 1.77. The van der Waals surface area contributed by atoms with E-state index in [9.17, 15) is 9.59 Å². The molecule has 0 rings (SSSR count). The fourth-order valence-electron chi connectivity index (χ4n) is 0.863. The quantitative estimate of drug-likeness (QED) is 0.661. The lowest BCUT2D eigenvalue weighted by molar-refractivity contribution is -0.142. The molecule has 0 radical (unpaired) electrons. The van der Waals surface area contributed by atoms with Gasteiger partial charge in [-0.15, -0.1) is 0 Å². The molecule has 0 aromatic carbocycles. The summed E-state index contributed by atoms with van der Waals surface area (Å²) >= 11 is 0. The molecule has 74 valence electrons. The first-order valence-corrected chi connectivity index (χ1v) is 4.16. The summed E-state index contributed by atoms with van der Waals surface area (Å²) in [5, 5.41) is 8.51. The number of amides is 1. The van der Waals surface area contributed by atoms with Gasteiger partial charge in [-0.1, -0.05) is 6.08 Å². The Kier molecular flexibility index (Phi) is 4.80. The lowest BCUT2D eigenvalue weighted by Crippen LogP contribution is -2.35. The van der Waals surface area contributed by atoms with Crippen LogP contribution in [0.15, 0.2) is 11.6 Å². The number of allylic oxidation sites excluding steroid dienone is 1. The maximum Gasteiger partial charge on any atom is 0.323 e. The van der Waals surface area contributed by atoms with Gasteiger partial charge in [-0.05, 0) is 20.8 Å². The average molecular weight is 185 g/mol. The van der Waals surface area contributed by atoms with Gasteiger partial charge < -0.3 is 10.0 Å². The Labute approximate surface area is 77.8 Å². The molecule has 0 fully saturated rings. The summed E-state index contributed by atoms with van der Waals surface area (Å²) in [5.74, 6) is -1.20. The van der Waals surface area contributed by atoms with E-state index < -0.39 is 5.97 Å². The van der Waals surface area contributed by atoms with Gasteiger partial charge in [-0.25, -0.2) is 0 Å². The van der Waals surface area contributed by atoms with Crippen molar-refractivity contribution in [1.82, 2.24) is 4.90 Å². The summed E-state index contributed by atoms with van der Waals surface area (Å²) in [6.07, 6.45) is 1.67. The zero-order valence-corrected chi connectivity index (χ0v) is 8.20. The van der Waals surface area contributed by atoms with Gasteiger partial charge in [0.05, 0.1) is 0 Å². The normalized spacial score (nSPS) is 11.2. The first kappa shape index (κ1) is 11.7. The van der Waals surface area contributed by atoms with Gasteiger partial charge in [0, 0.05) is 12.1 Å². The number of carbonyl (C=O) groups excluding carboxylic acids is 1. The van der Waals surface area contributed by atoms with Crippen LogP contribution in [0.3, 0.4) is 0 Å². The van der Waals surface area contributed by atoms with Gasteiger partial charge in [0.25, 0.3) is 0 Å². The van der Waals surface area contributed by atoms with Crippen LogP contribution in [0.5, 0.6) is 0 Å². The Balaban J connectivity index is 4.41. The molecule has 0 heterocycles. The van der Waals surface area contributed by atoms with Gasteiger partial charge >= 0.3 is 5.97 Å². The number of carbonyl (C=O) groups is 2. The highest BCUT2D eigenvalue weighted by Gasteiger charge is 2.15. The predicted octanol–water partition coefficient (Wildman–Crippen LogP) is 0.886. The minimum atomic E-state index is -0.987. The van der Waals surface area contributed by atoms with E-state index in [2.05, 4.69) is 0 Å². The van der Waals surface area contributed by atoms with E-state index in [4.69, 9.17) is 5.11 Å². The molecule has 0 aromatic rings. The number of likely N-dealkylation sites (N-methyl/N-ethyl adjacent to an activating group) is 1. The SMILES string of the molecule is CC=C(C)C(=O)N(CC)CC(=O)O. The fraction of sp³-hybridized carbons (Fsp3) is 0.556. The first-order chi connectivity index (χ1) is 6.02. The minimum Gasteiger partial charge on any atom is -0.480 e. The number of aliphatic carboxylic acids is 1. The van der Waals surface area contributed by atoms with Crippen molar-refractivity contribution in [3.63, 3.8) is 0 Å². The van der Waals surface area contributed by atoms with E-state index in [0.717, 1.165) is 0 Å². The Morgan fingerprint density at radius 3 is 2.31 bits per heavy atom. The van der Waals surface area contributed by atoms with E-state index in [0.29, 0.717) is 12.1 Å². The van der Waals surface area contributed by atoms with E-state index in [1.807, 2.05) is 0 Å². The number of nitrogens with zero attached hydrogens (tertiary/aromatic N) is 1. The van der Waals surface area contributed by atoms with Crippen molar-refractivity contribution in [2.24, 2.45) is 0 Å². The third kappa shape index (κ3) is 3.73. The topological polar surface area (TPSA) is 57.6 Å². The molecule has 0 atom stereocenters. The highest BCUT2D eigenvalue weighted by Crippen LogP contribution is 2.00. The lowest BCUT2D eigenvalue weighted by Gasteiger charge is -2.18. The molecular weight excluding hydrogens is 170 g/mol. The van der Waals surface area contributed by atoms with Gasteiger partial charge in [-0.2, -0.15) is 0 Å². The highest BCUT2D eigenvalue weighted by molar-refractivity contribution is 5.94. The molecule has 1 N–H and O–H groups in total. The molecule has 4 nitrogen and oxygen atoms in total. The molecular formula is C9H15NO3. The van der Waals surface area contributed by atoms with Crippen molar-refractivity contribution in [1.29, 1.82) is 0 Å². The third-order valence-electron chi connectivity index (χ3n) is 1.77. The van der Waals surface area contributed by atoms with Crippen LogP contribution in [0.1, 0.15) is 20.8 Å². The Morgan fingerprint density at radius 1 is 1.46 bits per heavy atom. The molecule has 0 unspecified atom stereocenters. The summed E-state index contributed by atoms with van der Waals surface area (Å²) < 4.78 is 0. The van der Waals surface area contributed by atoms with Crippen molar-refractivity contribution in [2.45, 2.75) is 20.8 Å². The highest BCUT2D eigenvalue weighted by atomic mass is 16.4. The van der Waals surface area contributed by atoms with Crippen LogP contribution in [0.2, 0.25) is 0 Å². The molecule has 0 aliphatic carbocycles. The second-order valence-corrected chi connectivity index (χ2v) is 2.68. The van der Waals surface area contributed by atoms with E-state index in [-0.39, 0.29) is 12.5 Å². The van der Waals surface area contributed by atoms with Crippen LogP contribution in [-0.2, 0) is 9.59 Å². The molecule has 1 amide bonds. The molecule has 0 saturated heterocycles. The van der Waals surface area contributed by atoms with Gasteiger partial charge in [0.15, 0.2) is 0 Å². The van der Waals surface area contributed by atoms with Crippen molar-refractivity contribution in [3.05, 3.63) is 11.6 Å². The van der Waals surface area contributed by atoms with Crippen LogP contribution >= 0.6 is 0 Å². The molecule has 0 bridgehead atoms. The maximum absolute atomic E-state index is 11.4. The fourth-order valence-corrected chi connectivity index (χ4v) is 0.863. The van der Waals surface area contributed by atoms with E-state index >= 15 is 0 Å². The summed E-state index contributed by atoms with van der Waals surface area (Å²) in [6, 6.07) is 0. The Hall–Kier alpha value is -1.32. The largest absolute Gasteiger partial charge is 0.480 e. The minimum absolute atomic E-state index is 0.215. The van der Waals surface area contributed by atoms with Gasteiger partial charge in [-0.3, -0.25) is 9.59 Å². The number of hydrogen-bond donors (Lipinski definition) is 1. The molecule has 0 aliphatic heterocycles. The number of hydrogen-bond acceptors (Lipinski definition) is 2. The second-order valence-electron chi connectivity index (χ2n) is 2.68. The molecule has 0 aliphatic rings. The molecule has 0 aromatic heterocycles. The summed E-state index contributed by atoms with van der Waals surface area (Å²) in [5.41, 5.74) is 0.572. The van der Waals surface area contributed by atoms with Gasteiger partial charge in [0.2, 0.25) is 5.91 Å². The van der Waals surface area contributed by atoms with Crippen LogP contribution in [0.25, 0.3) is 0 Å². The van der Waals surface area contributed by atoms with Crippen molar-refractivity contribution < 1.29 is 14.7 Å². The van der Waals surface area contributed by atoms with Crippen LogP contribution in [0.4, 0.5) is 0 Å². The van der Waals surface area contributed by atoms with Gasteiger partial charge in [0.1, 0.15) is 6.54 Å². The van der Waals surface area contributed by atoms with Crippen molar-refractivity contribution in [3.8, 4) is 0 Å². The lowest BCUT2D eigenvalue weighted by atomic mass is 10.2. The molecule has 0 saturated carbocycles. The zero-order valence-electron chi connectivity index (χ0n) is 8.20. The summed E-state index contributed by atoms with van der Waals surface area (Å²) in [6.45, 7) is 5.36.